The summed E-state index contributed by atoms with van der Waals surface area (Å²) in [6, 6.07) is 6.98. The van der Waals surface area contributed by atoms with Gasteiger partial charge in [-0.3, -0.25) is 4.79 Å². The second-order valence-corrected chi connectivity index (χ2v) is 15.4. The van der Waals surface area contributed by atoms with Gasteiger partial charge in [-0.25, -0.2) is 4.79 Å². The zero-order chi connectivity index (χ0) is 36.5. The highest BCUT2D eigenvalue weighted by molar-refractivity contribution is 8.76. The molecule has 0 aromatic heterocycles. The lowest BCUT2D eigenvalue weighted by molar-refractivity contribution is -0.364. The van der Waals surface area contributed by atoms with Crippen LogP contribution in [0.4, 0.5) is 4.79 Å². The number of hydrogen-bond acceptors (Lipinski definition) is 17. The Bertz CT molecular complexity index is 1610. The third-order valence-corrected chi connectivity index (χ3v) is 12.1. The molecular formula is C34H42N2O14S2. The molecule has 18 heteroatoms. The van der Waals surface area contributed by atoms with Gasteiger partial charge in [0.25, 0.3) is 0 Å². The zero-order valence-corrected chi connectivity index (χ0v) is 30.4. The van der Waals surface area contributed by atoms with E-state index >= 15 is 0 Å². The van der Waals surface area contributed by atoms with Gasteiger partial charge in [-0.1, -0.05) is 21.6 Å². The van der Waals surface area contributed by atoms with E-state index in [2.05, 4.69) is 5.32 Å². The molecule has 3 saturated heterocycles. The lowest BCUT2D eigenvalue weighted by atomic mass is 9.66. The highest BCUT2D eigenvalue weighted by Gasteiger charge is 2.56. The van der Waals surface area contributed by atoms with Crippen LogP contribution in [-0.4, -0.2) is 118 Å². The molecule has 2 aromatic rings. The van der Waals surface area contributed by atoms with Crippen molar-refractivity contribution < 1.29 is 67.2 Å². The average Bonchev–Trinajstić information content (AvgIpc) is 3.77. The van der Waals surface area contributed by atoms with Crippen LogP contribution in [0.25, 0.3) is 0 Å². The number of hydrogen-bond donors (Lipinski definition) is 4. The second kappa shape index (κ2) is 16.0. The molecule has 0 saturated carbocycles. The van der Waals surface area contributed by atoms with Gasteiger partial charge in [0.1, 0.15) is 24.4 Å². The number of aliphatic hydroxyl groups excluding tert-OH is 2. The van der Waals surface area contributed by atoms with Crippen LogP contribution in [0.3, 0.4) is 0 Å². The van der Waals surface area contributed by atoms with Crippen LogP contribution in [0.1, 0.15) is 35.6 Å². The predicted octanol–water partition coefficient (Wildman–Crippen LogP) is 2.06. The molecule has 5 N–H and O–H groups in total. The Morgan fingerprint density at radius 1 is 0.962 bits per heavy atom. The quantitative estimate of drug-likeness (QED) is 0.139. The van der Waals surface area contributed by atoms with Crippen LogP contribution < -0.4 is 34.7 Å². The number of esters is 1. The van der Waals surface area contributed by atoms with Crippen molar-refractivity contribution in [1.82, 2.24) is 5.32 Å². The Balaban J connectivity index is 1.21. The molecule has 7 rings (SSSR count). The van der Waals surface area contributed by atoms with Crippen LogP contribution in [0.5, 0.6) is 28.7 Å². The summed E-state index contributed by atoms with van der Waals surface area (Å²) in [4.78, 5) is 26.5. The summed E-state index contributed by atoms with van der Waals surface area (Å²) >= 11 is 0. The SMILES string of the molecule is COc1cc([C@@H]2c3cc4c(cc3[C@@H](OC3OC5COC(C)OC5C(O)C3O)[C@H]3COC(=O)[C@H]23)OCO4)cc(OC)c1OC(=O)NCCSSCCN. The van der Waals surface area contributed by atoms with E-state index in [1.807, 2.05) is 0 Å². The molecule has 5 aliphatic rings. The van der Waals surface area contributed by atoms with Gasteiger partial charge in [-0.2, -0.15) is 0 Å². The molecule has 4 heterocycles. The van der Waals surface area contributed by atoms with Crippen molar-refractivity contribution >= 4 is 33.7 Å². The van der Waals surface area contributed by atoms with Crippen molar-refractivity contribution in [3.63, 3.8) is 0 Å². The van der Waals surface area contributed by atoms with Gasteiger partial charge in [0.05, 0.1) is 39.5 Å². The smallest absolute Gasteiger partial charge is 0.412 e. The van der Waals surface area contributed by atoms with Crippen molar-refractivity contribution in [2.24, 2.45) is 17.6 Å². The van der Waals surface area contributed by atoms with E-state index in [1.165, 1.54) is 14.2 Å². The lowest BCUT2D eigenvalue weighted by Crippen LogP contribution is -2.63. The number of methoxy groups -OCH3 is 2. The minimum absolute atomic E-state index is 0.00240. The van der Waals surface area contributed by atoms with Crippen LogP contribution in [-0.2, 0) is 28.5 Å². The molecular weight excluding hydrogens is 725 g/mol. The van der Waals surface area contributed by atoms with Gasteiger partial charge >= 0.3 is 12.1 Å². The number of ether oxygens (including phenoxy) is 10. The first-order valence-corrected chi connectivity index (χ1v) is 19.4. The van der Waals surface area contributed by atoms with Crippen molar-refractivity contribution in [3.05, 3.63) is 41.0 Å². The van der Waals surface area contributed by atoms with Gasteiger partial charge in [-0.05, 0) is 47.9 Å². The summed E-state index contributed by atoms with van der Waals surface area (Å²) in [6.07, 6.45) is -7.70. The fraction of sp³-hybridized carbons (Fsp3) is 0.588. The molecule has 52 heavy (non-hydrogen) atoms. The first-order valence-electron chi connectivity index (χ1n) is 16.9. The normalized spacial score (nSPS) is 31.5. The molecule has 0 radical (unpaired) electrons. The van der Waals surface area contributed by atoms with Crippen molar-refractivity contribution in [3.8, 4) is 28.7 Å². The third-order valence-electron chi connectivity index (χ3n) is 9.66. The molecule has 4 aliphatic heterocycles. The lowest BCUT2D eigenvalue weighted by Gasteiger charge is -2.47. The number of fused-ring (bicyclic) bond motifs is 4. The predicted molar refractivity (Wildman–Crippen MR) is 185 cm³/mol. The van der Waals surface area contributed by atoms with Gasteiger partial charge in [0.15, 0.2) is 35.6 Å². The van der Waals surface area contributed by atoms with Gasteiger partial charge in [-0.15, -0.1) is 0 Å². The van der Waals surface area contributed by atoms with E-state index in [9.17, 15) is 19.8 Å². The molecule has 1 amide bonds. The Morgan fingerprint density at radius 2 is 1.67 bits per heavy atom. The number of rotatable bonds is 12. The maximum Gasteiger partial charge on any atom is 0.412 e. The largest absolute Gasteiger partial charge is 0.493 e. The molecule has 0 spiro atoms. The number of nitrogens with two attached hydrogens (primary N) is 1. The molecule has 2 aromatic carbocycles. The number of benzene rings is 2. The minimum Gasteiger partial charge on any atom is -0.493 e. The van der Waals surface area contributed by atoms with Crippen LogP contribution >= 0.6 is 21.6 Å². The third kappa shape index (κ3) is 7.20. The Hall–Kier alpha value is -3.20. The van der Waals surface area contributed by atoms with Crippen LogP contribution in [0.2, 0.25) is 0 Å². The molecule has 10 atom stereocenters. The Labute approximate surface area is 307 Å². The van der Waals surface area contributed by atoms with E-state index in [1.54, 1.807) is 52.8 Å². The van der Waals surface area contributed by atoms with Gasteiger partial charge in [0.2, 0.25) is 12.5 Å². The van der Waals surface area contributed by atoms with E-state index < -0.39 is 72.9 Å². The average molecular weight is 767 g/mol. The van der Waals surface area contributed by atoms with Gasteiger partial charge < -0.3 is 68.6 Å². The fourth-order valence-corrected chi connectivity index (χ4v) is 9.08. The maximum absolute atomic E-state index is 13.7. The van der Waals surface area contributed by atoms with Crippen molar-refractivity contribution in [2.75, 3.05) is 58.8 Å². The number of cyclic esters (lactones) is 1. The van der Waals surface area contributed by atoms with Gasteiger partial charge in [0, 0.05) is 36.4 Å². The number of carbonyl (C=O) groups excluding carboxylic acids is 2. The Morgan fingerprint density at radius 3 is 2.38 bits per heavy atom. The summed E-state index contributed by atoms with van der Waals surface area (Å²) in [5.41, 5.74) is 7.44. The highest BCUT2D eigenvalue weighted by Crippen LogP contribution is 2.57. The number of aliphatic hydroxyl groups is 2. The number of carbonyl (C=O) groups is 2. The van der Waals surface area contributed by atoms with Crippen LogP contribution in [0.15, 0.2) is 24.3 Å². The first kappa shape index (κ1) is 37.1. The van der Waals surface area contributed by atoms with E-state index in [0.29, 0.717) is 47.0 Å². The standard InChI is InChI=1S/C34H42N2O14S2/c1-15-43-13-24-31(47-15)27(37)28(38)33(48-24)49-29-18-11-21-20(45-14-46-21)10-17(18)25(26-19(29)12-44-32(26)39)16-8-22(41-2)30(23(9-16)42-3)50-34(40)36-5-7-52-51-6-4-35/h8-11,15,19,24-29,31,33,37-38H,4-7,12-14,35H2,1-3H3,(H,36,40)/t15?,19-,24?,25+,26-,27?,28?,29+,31?,33?/m0/s1. The molecule has 16 nitrogen and oxygen atoms in total. The molecule has 1 aliphatic carbocycles. The van der Waals surface area contributed by atoms with Crippen molar-refractivity contribution in [1.29, 1.82) is 0 Å². The first-order chi connectivity index (χ1) is 25.2. The number of amides is 1. The number of nitrogens with one attached hydrogen (secondary N) is 1. The zero-order valence-electron chi connectivity index (χ0n) is 28.7. The maximum atomic E-state index is 13.7. The van der Waals surface area contributed by atoms with Crippen LogP contribution in [0, 0.1) is 11.8 Å². The summed E-state index contributed by atoms with van der Waals surface area (Å²) < 4.78 is 58.2. The van der Waals surface area contributed by atoms with Crippen molar-refractivity contribution in [2.45, 2.75) is 55.9 Å². The molecule has 6 unspecified atom stereocenters. The summed E-state index contributed by atoms with van der Waals surface area (Å²) in [7, 11) is 6.10. The summed E-state index contributed by atoms with van der Waals surface area (Å²) in [5, 5.41) is 24.9. The molecule has 3 fully saturated rings. The van der Waals surface area contributed by atoms with E-state index in [-0.39, 0.29) is 37.3 Å². The molecule has 284 valence electrons. The van der Waals surface area contributed by atoms with E-state index in [4.69, 9.17) is 53.1 Å². The second-order valence-electron chi connectivity index (χ2n) is 12.7. The topological polar surface area (TPSA) is 205 Å². The monoisotopic (exact) mass is 766 g/mol. The van der Waals surface area contributed by atoms with E-state index in [0.717, 1.165) is 5.75 Å². The fourth-order valence-electron chi connectivity index (χ4n) is 7.31. The molecule has 0 bridgehead atoms. The Kier molecular flexibility index (Phi) is 11.5. The minimum atomic E-state index is -1.47. The summed E-state index contributed by atoms with van der Waals surface area (Å²) in [5.74, 6) is 0.458. The summed E-state index contributed by atoms with van der Waals surface area (Å²) in [6.45, 7) is 2.79. The highest BCUT2D eigenvalue weighted by atomic mass is 33.1.